The van der Waals surface area contributed by atoms with Crippen LogP contribution in [0.15, 0.2) is 53.3 Å². The third kappa shape index (κ3) is 5.48. The number of fused-ring (bicyclic) bond motifs is 1. The number of aromatic nitrogens is 2. The summed E-state index contributed by atoms with van der Waals surface area (Å²) in [5, 5.41) is 2.64. The first-order valence-electron chi connectivity index (χ1n) is 9.99. The van der Waals surface area contributed by atoms with Gasteiger partial charge in [-0.2, -0.15) is 0 Å². The summed E-state index contributed by atoms with van der Waals surface area (Å²) in [7, 11) is 1.58. The van der Waals surface area contributed by atoms with Gasteiger partial charge in [0.25, 0.3) is 11.5 Å². The molecule has 162 valence electrons. The average Bonchev–Trinajstić information content (AvgIpc) is 2.76. The number of nitrogens with zero attached hydrogens (tertiary/aromatic N) is 2. The van der Waals surface area contributed by atoms with Gasteiger partial charge in [0.05, 0.1) is 24.6 Å². The second-order valence-corrected chi connectivity index (χ2v) is 7.27. The topological polar surface area (TPSA) is 99.5 Å². The predicted octanol–water partition coefficient (Wildman–Crippen LogP) is 2.39. The molecular formula is C23H25N3O5. The van der Waals surface area contributed by atoms with Crippen molar-refractivity contribution in [1.29, 1.82) is 0 Å². The monoisotopic (exact) mass is 423 g/mol. The zero-order chi connectivity index (χ0) is 22.4. The maximum absolute atomic E-state index is 13.2. The number of esters is 1. The molecule has 2 aromatic carbocycles. The molecule has 0 saturated carbocycles. The maximum Gasteiger partial charge on any atom is 0.306 e. The van der Waals surface area contributed by atoms with Crippen LogP contribution in [-0.2, 0) is 20.7 Å². The van der Waals surface area contributed by atoms with Crippen molar-refractivity contribution in [2.45, 2.75) is 32.7 Å². The number of hydrogen-bond acceptors (Lipinski definition) is 6. The van der Waals surface area contributed by atoms with Gasteiger partial charge in [0.1, 0.15) is 11.4 Å². The Kier molecular flexibility index (Phi) is 7.02. The molecule has 8 heteroatoms. The van der Waals surface area contributed by atoms with Crippen LogP contribution in [0.25, 0.3) is 16.7 Å². The van der Waals surface area contributed by atoms with E-state index in [-0.39, 0.29) is 42.7 Å². The van der Waals surface area contributed by atoms with Crippen LogP contribution in [0.3, 0.4) is 0 Å². The van der Waals surface area contributed by atoms with Crippen LogP contribution in [0.5, 0.6) is 5.75 Å². The molecule has 0 aliphatic heterocycles. The van der Waals surface area contributed by atoms with Crippen LogP contribution in [-0.4, -0.2) is 41.2 Å². The van der Waals surface area contributed by atoms with E-state index < -0.39 is 5.97 Å². The number of carbonyl (C=O) groups excluding carboxylic acids is 2. The zero-order valence-corrected chi connectivity index (χ0v) is 17.8. The molecule has 3 rings (SSSR count). The molecule has 8 nitrogen and oxygen atoms in total. The number of methoxy groups -OCH3 is 1. The van der Waals surface area contributed by atoms with Crippen LogP contribution in [0.4, 0.5) is 0 Å². The molecule has 0 radical (unpaired) electrons. The Morgan fingerprint density at radius 2 is 1.81 bits per heavy atom. The predicted molar refractivity (Wildman–Crippen MR) is 116 cm³/mol. The number of rotatable bonds is 8. The molecule has 0 atom stereocenters. The third-order valence-corrected chi connectivity index (χ3v) is 4.54. The Labute approximate surface area is 179 Å². The van der Waals surface area contributed by atoms with Gasteiger partial charge in [-0.15, -0.1) is 0 Å². The first-order chi connectivity index (χ1) is 14.9. The number of hydrogen-bond donors (Lipinski definition) is 1. The summed E-state index contributed by atoms with van der Waals surface area (Å²) >= 11 is 0. The van der Waals surface area contributed by atoms with Gasteiger partial charge in [-0.05, 0) is 50.2 Å². The van der Waals surface area contributed by atoms with Crippen molar-refractivity contribution in [3.05, 3.63) is 64.6 Å². The minimum atomic E-state index is -0.565. The fraction of sp³-hybridized carbons (Fsp3) is 0.304. The molecule has 0 unspecified atom stereocenters. The molecular weight excluding hydrogens is 398 g/mol. The van der Waals surface area contributed by atoms with Gasteiger partial charge in [-0.3, -0.25) is 19.0 Å². The second kappa shape index (κ2) is 9.88. The van der Waals surface area contributed by atoms with Gasteiger partial charge in [0.2, 0.25) is 0 Å². The summed E-state index contributed by atoms with van der Waals surface area (Å²) in [6.45, 7) is 3.29. The lowest BCUT2D eigenvalue weighted by atomic mass is 10.2. The SMILES string of the molecule is COc1ccc(-n2c(=O)c(CCC(=O)OCC(=O)NC(C)C)nc3ccccc32)cc1. The zero-order valence-electron chi connectivity index (χ0n) is 17.8. The van der Waals surface area contributed by atoms with Crippen molar-refractivity contribution in [2.75, 3.05) is 13.7 Å². The van der Waals surface area contributed by atoms with Gasteiger partial charge in [-0.25, -0.2) is 4.98 Å². The molecule has 31 heavy (non-hydrogen) atoms. The Hall–Kier alpha value is -3.68. The van der Waals surface area contributed by atoms with E-state index in [0.29, 0.717) is 22.5 Å². The molecule has 0 bridgehead atoms. The molecule has 1 amide bonds. The van der Waals surface area contributed by atoms with E-state index in [1.807, 2.05) is 38.1 Å². The lowest BCUT2D eigenvalue weighted by molar-refractivity contribution is -0.148. The molecule has 3 aromatic rings. The van der Waals surface area contributed by atoms with E-state index in [2.05, 4.69) is 10.3 Å². The van der Waals surface area contributed by atoms with Gasteiger partial charge < -0.3 is 14.8 Å². The van der Waals surface area contributed by atoms with E-state index in [1.165, 1.54) is 0 Å². The standard InChI is InChI=1S/C23H25N3O5/c1-15(2)24-21(27)14-31-22(28)13-12-19-23(29)26(16-8-10-17(30-3)11-9-16)20-7-5-4-6-18(20)25-19/h4-11,15H,12-14H2,1-3H3,(H,24,27). The third-order valence-electron chi connectivity index (χ3n) is 4.54. The summed E-state index contributed by atoms with van der Waals surface area (Å²) in [6, 6.07) is 14.4. The Balaban J connectivity index is 1.83. The molecule has 0 fully saturated rings. The Morgan fingerprint density at radius 1 is 1.10 bits per heavy atom. The van der Waals surface area contributed by atoms with Crippen LogP contribution in [0, 0.1) is 0 Å². The molecule has 0 saturated heterocycles. The minimum absolute atomic E-state index is 0.0376. The van der Waals surface area contributed by atoms with Gasteiger partial charge in [0.15, 0.2) is 6.61 Å². The highest BCUT2D eigenvalue weighted by atomic mass is 16.5. The quantitative estimate of drug-likeness (QED) is 0.559. The summed E-state index contributed by atoms with van der Waals surface area (Å²) in [6.07, 6.45) is 0.0443. The first kappa shape index (κ1) is 22.0. The van der Waals surface area contributed by atoms with Crippen molar-refractivity contribution >= 4 is 22.9 Å². The molecule has 1 heterocycles. The first-order valence-corrected chi connectivity index (χ1v) is 9.99. The van der Waals surface area contributed by atoms with Gasteiger partial charge >= 0.3 is 5.97 Å². The molecule has 0 aliphatic carbocycles. The molecule has 1 N–H and O–H groups in total. The van der Waals surface area contributed by atoms with Crippen LogP contribution >= 0.6 is 0 Å². The molecule has 1 aromatic heterocycles. The van der Waals surface area contributed by atoms with Crippen LogP contribution in [0.2, 0.25) is 0 Å². The number of ether oxygens (including phenoxy) is 2. The van der Waals surface area contributed by atoms with Crippen molar-refractivity contribution < 1.29 is 19.1 Å². The molecule has 0 aliphatic rings. The molecule has 0 spiro atoms. The van der Waals surface area contributed by atoms with Crippen molar-refractivity contribution in [1.82, 2.24) is 14.9 Å². The van der Waals surface area contributed by atoms with Crippen molar-refractivity contribution in [3.8, 4) is 11.4 Å². The highest BCUT2D eigenvalue weighted by Crippen LogP contribution is 2.19. The smallest absolute Gasteiger partial charge is 0.306 e. The number of nitrogens with one attached hydrogen (secondary N) is 1. The average molecular weight is 423 g/mol. The van der Waals surface area contributed by atoms with Crippen molar-refractivity contribution in [2.24, 2.45) is 0 Å². The lowest BCUT2D eigenvalue weighted by Gasteiger charge is -2.13. The van der Waals surface area contributed by atoms with E-state index in [0.717, 1.165) is 0 Å². The fourth-order valence-electron chi connectivity index (χ4n) is 3.13. The Morgan fingerprint density at radius 3 is 2.48 bits per heavy atom. The lowest BCUT2D eigenvalue weighted by Crippen LogP contribution is -2.34. The minimum Gasteiger partial charge on any atom is -0.497 e. The number of aryl methyl sites for hydroxylation is 1. The van der Waals surface area contributed by atoms with E-state index in [4.69, 9.17) is 9.47 Å². The number of carbonyl (C=O) groups is 2. The van der Waals surface area contributed by atoms with E-state index >= 15 is 0 Å². The second-order valence-electron chi connectivity index (χ2n) is 7.27. The highest BCUT2D eigenvalue weighted by Gasteiger charge is 2.15. The highest BCUT2D eigenvalue weighted by molar-refractivity contribution is 5.81. The van der Waals surface area contributed by atoms with Crippen LogP contribution in [0.1, 0.15) is 26.0 Å². The van der Waals surface area contributed by atoms with Crippen molar-refractivity contribution in [3.63, 3.8) is 0 Å². The fourth-order valence-corrected chi connectivity index (χ4v) is 3.13. The summed E-state index contributed by atoms with van der Waals surface area (Å²) in [5.41, 5.74) is 1.90. The normalized spacial score (nSPS) is 10.8. The summed E-state index contributed by atoms with van der Waals surface area (Å²) < 4.78 is 11.8. The summed E-state index contributed by atoms with van der Waals surface area (Å²) in [5.74, 6) is -0.252. The number of amides is 1. The van der Waals surface area contributed by atoms with E-state index in [9.17, 15) is 14.4 Å². The van der Waals surface area contributed by atoms with Gasteiger partial charge in [-0.1, -0.05) is 12.1 Å². The summed E-state index contributed by atoms with van der Waals surface area (Å²) in [4.78, 5) is 41.3. The number of benzene rings is 2. The maximum atomic E-state index is 13.2. The van der Waals surface area contributed by atoms with E-state index in [1.54, 1.807) is 35.9 Å². The largest absolute Gasteiger partial charge is 0.497 e. The Bertz CT molecular complexity index is 1140. The number of para-hydroxylation sites is 2. The van der Waals surface area contributed by atoms with Gasteiger partial charge in [0, 0.05) is 18.2 Å². The van der Waals surface area contributed by atoms with Crippen LogP contribution < -0.4 is 15.6 Å².